The van der Waals surface area contributed by atoms with Crippen LogP contribution in [0.4, 0.5) is 0 Å². The lowest BCUT2D eigenvalue weighted by atomic mass is 9.44. The summed E-state index contributed by atoms with van der Waals surface area (Å²) in [6.07, 6.45) is 17.5. The highest BCUT2D eigenvalue weighted by Gasteiger charge is 2.85. The monoisotopic (exact) mass is 414 g/mol. The lowest BCUT2D eigenvalue weighted by Gasteiger charge is -2.56. The molecule has 0 aromatic heterocycles. The number of hydrogen-bond acceptors (Lipinski definition) is 4. The van der Waals surface area contributed by atoms with Crippen LogP contribution in [0.1, 0.15) is 39.0 Å². The molecule has 31 heavy (non-hydrogen) atoms. The molecule has 7 rings (SSSR count). The summed E-state index contributed by atoms with van der Waals surface area (Å²) in [6.45, 7) is 2.17. The molecule has 0 saturated heterocycles. The van der Waals surface area contributed by atoms with Crippen LogP contribution in [0.3, 0.4) is 0 Å². The molecule has 7 aliphatic carbocycles. The minimum Gasteiger partial charge on any atom is -0.294 e. The van der Waals surface area contributed by atoms with E-state index in [4.69, 9.17) is 0 Å². The maximum atomic E-state index is 13.4. The number of allylic oxidation sites excluding steroid dienone is 8. The summed E-state index contributed by atoms with van der Waals surface area (Å²) in [6, 6.07) is 0. The largest absolute Gasteiger partial charge is 0.294 e. The third-order valence-electron chi connectivity index (χ3n) is 10.5. The molecule has 0 N–H and O–H groups in total. The van der Waals surface area contributed by atoms with Gasteiger partial charge in [-0.1, -0.05) is 30.7 Å². The molecular formula is C27H26O4. The highest BCUT2D eigenvalue weighted by Crippen LogP contribution is 2.87. The summed E-state index contributed by atoms with van der Waals surface area (Å²) in [7, 11) is 0. The quantitative estimate of drug-likeness (QED) is 0.615. The van der Waals surface area contributed by atoms with E-state index in [0.717, 1.165) is 32.1 Å². The van der Waals surface area contributed by atoms with Crippen molar-refractivity contribution in [1.29, 1.82) is 0 Å². The Kier molecular flexibility index (Phi) is 3.14. The van der Waals surface area contributed by atoms with Crippen LogP contribution in [-0.4, -0.2) is 23.1 Å². The second kappa shape index (κ2) is 5.33. The zero-order valence-corrected chi connectivity index (χ0v) is 17.7. The van der Waals surface area contributed by atoms with Crippen LogP contribution in [0, 0.1) is 51.8 Å². The van der Waals surface area contributed by atoms with Crippen molar-refractivity contribution in [2.24, 2.45) is 51.8 Å². The molecule has 4 nitrogen and oxygen atoms in total. The first-order chi connectivity index (χ1) is 14.9. The predicted molar refractivity (Wildman–Crippen MR) is 113 cm³/mol. The van der Waals surface area contributed by atoms with Crippen LogP contribution in [0.15, 0.2) is 48.1 Å². The van der Waals surface area contributed by atoms with Crippen molar-refractivity contribution in [1.82, 2.24) is 0 Å². The fourth-order valence-corrected chi connectivity index (χ4v) is 9.88. The number of ketones is 4. The van der Waals surface area contributed by atoms with Crippen molar-refractivity contribution in [3.63, 3.8) is 0 Å². The number of carbonyl (C=O) groups is 4. The number of rotatable bonds is 1. The van der Waals surface area contributed by atoms with Crippen LogP contribution in [0.25, 0.3) is 0 Å². The van der Waals surface area contributed by atoms with Gasteiger partial charge in [-0.2, -0.15) is 0 Å². The van der Waals surface area contributed by atoms with Crippen LogP contribution in [0.5, 0.6) is 0 Å². The van der Waals surface area contributed by atoms with Gasteiger partial charge < -0.3 is 0 Å². The summed E-state index contributed by atoms with van der Waals surface area (Å²) in [5.74, 6) is -0.897. The van der Waals surface area contributed by atoms with Crippen molar-refractivity contribution in [3.8, 4) is 0 Å². The number of carbonyl (C=O) groups excluding carboxylic acids is 4. The van der Waals surface area contributed by atoms with E-state index in [1.54, 1.807) is 0 Å². The summed E-state index contributed by atoms with van der Waals surface area (Å²) in [5.41, 5.74) is -0.0630. The smallest absolute Gasteiger partial charge is 0.160 e. The first-order valence-corrected chi connectivity index (χ1v) is 11.8. The van der Waals surface area contributed by atoms with Gasteiger partial charge in [0.1, 0.15) is 0 Å². The maximum absolute atomic E-state index is 13.4. The van der Waals surface area contributed by atoms with E-state index >= 15 is 0 Å². The Morgan fingerprint density at radius 2 is 1.55 bits per heavy atom. The zero-order valence-electron chi connectivity index (χ0n) is 17.7. The van der Waals surface area contributed by atoms with Crippen LogP contribution in [0.2, 0.25) is 0 Å². The Balaban J connectivity index is 1.53. The molecule has 0 radical (unpaired) electrons. The Bertz CT molecular complexity index is 1120. The topological polar surface area (TPSA) is 68.3 Å². The second-order valence-corrected chi connectivity index (χ2v) is 11.3. The third-order valence-corrected chi connectivity index (χ3v) is 10.5. The molecule has 3 saturated carbocycles. The van der Waals surface area contributed by atoms with Gasteiger partial charge in [0.25, 0.3) is 0 Å². The van der Waals surface area contributed by atoms with Crippen molar-refractivity contribution in [2.75, 3.05) is 0 Å². The first kappa shape index (κ1) is 18.2. The van der Waals surface area contributed by atoms with Gasteiger partial charge in [-0.3, -0.25) is 19.2 Å². The van der Waals surface area contributed by atoms with E-state index in [9.17, 15) is 19.2 Å². The fraction of sp³-hybridized carbons (Fsp3) is 0.556. The third kappa shape index (κ3) is 1.69. The van der Waals surface area contributed by atoms with Crippen molar-refractivity contribution in [2.45, 2.75) is 39.0 Å². The van der Waals surface area contributed by atoms with Gasteiger partial charge in [0, 0.05) is 34.5 Å². The number of hydrogen-bond donors (Lipinski definition) is 0. The molecule has 0 aliphatic heterocycles. The first-order valence-electron chi connectivity index (χ1n) is 11.8. The minimum absolute atomic E-state index is 0.0409. The molecule has 4 heteroatoms. The van der Waals surface area contributed by atoms with Crippen LogP contribution >= 0.6 is 0 Å². The van der Waals surface area contributed by atoms with Gasteiger partial charge in [-0.05, 0) is 73.7 Å². The molecule has 0 amide bonds. The molecule has 158 valence electrons. The van der Waals surface area contributed by atoms with Crippen molar-refractivity contribution >= 4 is 23.1 Å². The van der Waals surface area contributed by atoms with Gasteiger partial charge in [0.15, 0.2) is 23.1 Å². The van der Waals surface area contributed by atoms with E-state index in [2.05, 4.69) is 25.2 Å². The van der Waals surface area contributed by atoms with Gasteiger partial charge in [-0.25, -0.2) is 0 Å². The van der Waals surface area contributed by atoms with Crippen molar-refractivity contribution in [3.05, 3.63) is 48.1 Å². The summed E-state index contributed by atoms with van der Waals surface area (Å²) in [5, 5.41) is 0. The van der Waals surface area contributed by atoms with E-state index in [0.29, 0.717) is 0 Å². The Labute approximate surface area is 181 Å². The van der Waals surface area contributed by atoms with Crippen LogP contribution < -0.4 is 0 Å². The van der Waals surface area contributed by atoms with Crippen LogP contribution in [-0.2, 0) is 19.2 Å². The van der Waals surface area contributed by atoms with E-state index in [1.807, 2.05) is 0 Å². The molecule has 9 atom stereocenters. The normalized spacial score (nSPS) is 53.1. The van der Waals surface area contributed by atoms with Gasteiger partial charge >= 0.3 is 0 Å². The standard InChI is InChI=1S/C27H26O4/c1-25-13-26(15-5-3-2-4-6-15,24-19(31)10-9-18(30)23(24)25)20-11-14-12-27(20,25)22-17(29)8-7-16(28)21(14)22/h3,5,7-11,14-15,21-24H,2,4,6,12-13H2,1H3/t14-,15?,21+,22-,23-,24+,25+,26-,27+/m1/s1. The Hall–Kier alpha value is -2.36. The molecule has 1 unspecified atom stereocenters. The van der Waals surface area contributed by atoms with E-state index in [-0.39, 0.29) is 58.6 Å². The maximum Gasteiger partial charge on any atom is 0.160 e. The van der Waals surface area contributed by atoms with Gasteiger partial charge in [0.05, 0.1) is 0 Å². The molecule has 3 fully saturated rings. The summed E-state index contributed by atoms with van der Waals surface area (Å²) >= 11 is 0. The molecule has 0 heterocycles. The fourth-order valence-electron chi connectivity index (χ4n) is 9.88. The minimum atomic E-state index is -0.471. The zero-order chi connectivity index (χ0) is 21.3. The molecular weight excluding hydrogens is 388 g/mol. The highest BCUT2D eigenvalue weighted by molar-refractivity contribution is 6.11. The van der Waals surface area contributed by atoms with E-state index < -0.39 is 16.2 Å². The van der Waals surface area contributed by atoms with Gasteiger partial charge in [-0.15, -0.1) is 0 Å². The Morgan fingerprint density at radius 3 is 2.26 bits per heavy atom. The van der Waals surface area contributed by atoms with E-state index in [1.165, 1.54) is 29.9 Å². The van der Waals surface area contributed by atoms with Gasteiger partial charge in [0.2, 0.25) is 0 Å². The summed E-state index contributed by atoms with van der Waals surface area (Å²) in [4.78, 5) is 52.9. The Morgan fingerprint density at radius 1 is 0.871 bits per heavy atom. The lowest BCUT2D eigenvalue weighted by Crippen LogP contribution is -2.58. The summed E-state index contributed by atoms with van der Waals surface area (Å²) < 4.78 is 0. The average Bonchev–Trinajstić information content (AvgIpc) is 3.46. The number of fused-ring (bicyclic) bond motifs is 9. The molecule has 0 aromatic rings. The van der Waals surface area contributed by atoms with Crippen molar-refractivity contribution < 1.29 is 19.2 Å². The molecule has 4 bridgehead atoms. The highest BCUT2D eigenvalue weighted by atomic mass is 16.1. The average molecular weight is 415 g/mol. The lowest BCUT2D eigenvalue weighted by molar-refractivity contribution is -0.145. The SMILES string of the molecule is C[C@@]12C[C@@](C3C=CCCC3)(C3=C[C@@H]4C[C@@]31[C@@H]1C(=O)C=CC(=O)[C@H]41)[C@H]1C(=O)C=CC(=O)[C@H]12. The second-order valence-electron chi connectivity index (χ2n) is 11.3. The molecule has 7 aliphatic rings. The molecule has 1 spiro atoms. The molecule has 0 aromatic carbocycles. The predicted octanol–water partition coefficient (Wildman–Crippen LogP) is 3.58.